The molecule has 4 atom stereocenters. The van der Waals surface area contributed by atoms with E-state index in [0.717, 1.165) is 51.9 Å². The average molecular weight is 915 g/mol. The Balaban J connectivity index is 0.000000154. The van der Waals surface area contributed by atoms with E-state index in [-0.39, 0.29) is 17.1 Å². The first-order chi connectivity index (χ1) is 33.2. The highest BCUT2D eigenvalue weighted by Gasteiger charge is 2.34. The van der Waals surface area contributed by atoms with E-state index >= 15 is 0 Å². The van der Waals surface area contributed by atoms with Crippen molar-refractivity contribution in [3.63, 3.8) is 0 Å². The summed E-state index contributed by atoms with van der Waals surface area (Å²) in [7, 11) is 0. The maximum Gasteiger partial charge on any atom is 0.346 e. The Morgan fingerprint density at radius 2 is 0.676 bits per heavy atom. The molecule has 0 fully saturated rings. The van der Waals surface area contributed by atoms with Crippen LogP contribution in [0.25, 0.3) is 0 Å². The number of aromatic carboxylic acids is 2. The van der Waals surface area contributed by atoms with E-state index in [2.05, 4.69) is 156 Å². The molecule has 0 amide bonds. The molecule has 6 aromatic carbocycles. The van der Waals surface area contributed by atoms with E-state index in [1.807, 2.05) is 0 Å². The largest absolute Gasteiger partial charge is 0.545 e. The minimum atomic E-state index is -1.13. The molecule has 4 N–H and O–H groups in total. The van der Waals surface area contributed by atoms with Crippen molar-refractivity contribution in [2.24, 2.45) is 0 Å². The fourth-order valence-electron chi connectivity index (χ4n) is 8.30. The third kappa shape index (κ3) is 15.4. The van der Waals surface area contributed by atoms with Crippen LogP contribution < -0.4 is 31.5 Å². The van der Waals surface area contributed by atoms with Gasteiger partial charge in [0.15, 0.2) is 0 Å². The predicted molar refractivity (Wildman–Crippen MR) is 262 cm³/mol. The number of carbonyl (C=O) groups excluding carboxylic acids is 3. The van der Waals surface area contributed by atoms with Crippen molar-refractivity contribution < 1.29 is 38.5 Å². The fraction of sp³-hybridized carbons (Fsp3) is 0.268. The lowest BCUT2D eigenvalue weighted by molar-refractivity contribution is -0.543. The first-order valence-electron chi connectivity index (χ1n) is 23.3. The van der Waals surface area contributed by atoms with Crippen LogP contribution in [0.15, 0.2) is 182 Å². The van der Waals surface area contributed by atoms with Gasteiger partial charge in [0.05, 0.1) is 44.7 Å². The number of carboxylic acid groups (broad SMARTS) is 2. The van der Waals surface area contributed by atoms with Crippen LogP contribution in [0, 0.1) is 0 Å². The van der Waals surface area contributed by atoms with E-state index in [1.54, 1.807) is 43.3 Å². The number of ether oxygens (including phenoxy) is 1. The Kier molecular flexibility index (Phi) is 19.3. The van der Waals surface area contributed by atoms with Crippen LogP contribution in [-0.4, -0.2) is 71.8 Å². The lowest BCUT2D eigenvalue weighted by atomic mass is 9.99. The number of hydrogen-bond donors (Lipinski definition) is 4. The van der Waals surface area contributed by atoms with Gasteiger partial charge >= 0.3 is 17.9 Å². The van der Waals surface area contributed by atoms with Gasteiger partial charge in [-0.3, -0.25) is 35.2 Å². The fourth-order valence-corrected chi connectivity index (χ4v) is 8.30. The van der Waals surface area contributed by atoms with Crippen LogP contribution in [0.4, 0.5) is 0 Å². The molecule has 6 aromatic rings. The molecule has 0 aliphatic carbocycles. The number of esters is 1. The van der Waals surface area contributed by atoms with Crippen molar-refractivity contribution >= 4 is 29.8 Å². The van der Waals surface area contributed by atoms with Crippen molar-refractivity contribution in [2.75, 3.05) is 32.8 Å². The lowest BCUT2D eigenvalue weighted by Gasteiger charge is -2.31. The molecular formula is C56H62N6O6. The van der Waals surface area contributed by atoms with Crippen LogP contribution in [0.3, 0.4) is 0 Å². The Hall–Kier alpha value is -7.73. The van der Waals surface area contributed by atoms with Crippen molar-refractivity contribution in [1.29, 1.82) is 0 Å². The monoisotopic (exact) mass is 914 g/mol. The zero-order chi connectivity index (χ0) is 47.9. The Bertz CT molecular complexity index is 2240. The SMILES string of the molecule is CCOC(C)=O.O=C([O-])c1ccccc1.O=C([O-])c1ccccc1.c1ccc([C@@H]2CC[N+]3=C(N2)N[C@H](c2ccccc2)CC3)cc1.c1ccc([C@@H]2CC[N+]3=C(N2)N[C@H](c2ccccc2)CC3)cc1. The standard InChI is InChI=1S/2C19H21N3.2C7H6O2.C4H8O2/c2*1-3-7-15(8-4-1)17-11-13-22-14-12-18(21-19(22)20-17)16-9-5-2-6-10-16;2*8-7(9)6-4-2-1-3-5-6;1-3-6-4(2)5/h2*1-10,17-18H,11-14H2,(H,20,21);2*1-5H,(H,8,9);3H2,1-2H3/t2*17-,18-;;;/m00.../s1. The quantitative estimate of drug-likeness (QED) is 0.106. The summed E-state index contributed by atoms with van der Waals surface area (Å²) in [6.07, 6.45) is 4.63. The number of carbonyl (C=O) groups is 3. The van der Waals surface area contributed by atoms with E-state index in [9.17, 15) is 24.6 Å². The number of benzene rings is 6. The molecule has 0 radical (unpaired) electrons. The number of hydrogen-bond acceptors (Lipinski definition) is 10. The molecule has 0 spiro atoms. The molecule has 0 saturated carbocycles. The van der Waals surface area contributed by atoms with Gasteiger partial charge in [-0.15, -0.1) is 0 Å². The molecule has 352 valence electrons. The van der Waals surface area contributed by atoms with Gasteiger partial charge in [-0.05, 0) is 40.3 Å². The first-order valence-corrected chi connectivity index (χ1v) is 23.3. The van der Waals surface area contributed by atoms with Crippen molar-refractivity contribution in [2.45, 2.75) is 63.7 Å². The van der Waals surface area contributed by atoms with Crippen LogP contribution >= 0.6 is 0 Å². The van der Waals surface area contributed by atoms with Crippen LogP contribution in [-0.2, 0) is 9.53 Å². The van der Waals surface area contributed by atoms with Crippen LogP contribution in [0.2, 0.25) is 0 Å². The van der Waals surface area contributed by atoms with Gasteiger partial charge in [-0.25, -0.2) is 0 Å². The highest BCUT2D eigenvalue weighted by atomic mass is 16.5. The van der Waals surface area contributed by atoms with Crippen LogP contribution in [0.1, 0.15) is 107 Å². The number of carboxylic acids is 2. The van der Waals surface area contributed by atoms with Crippen LogP contribution in [0.5, 0.6) is 0 Å². The molecule has 10 rings (SSSR count). The van der Waals surface area contributed by atoms with Gasteiger partial charge in [0, 0.05) is 32.6 Å². The maximum atomic E-state index is 10.1. The van der Waals surface area contributed by atoms with Gasteiger partial charge < -0.3 is 24.5 Å². The highest BCUT2D eigenvalue weighted by molar-refractivity contribution is 5.86. The van der Waals surface area contributed by atoms with Crippen molar-refractivity contribution in [1.82, 2.24) is 21.3 Å². The Morgan fingerprint density at radius 1 is 0.441 bits per heavy atom. The number of nitrogens with one attached hydrogen (secondary N) is 4. The molecule has 0 saturated heterocycles. The summed E-state index contributed by atoms with van der Waals surface area (Å²) in [5, 5.41) is 35.0. The second-order valence-electron chi connectivity index (χ2n) is 16.5. The smallest absolute Gasteiger partial charge is 0.346 e. The van der Waals surface area contributed by atoms with Gasteiger partial charge in [0.25, 0.3) is 0 Å². The summed E-state index contributed by atoms with van der Waals surface area (Å²) in [5.74, 6) is -0.0795. The Labute approximate surface area is 400 Å². The van der Waals surface area contributed by atoms with E-state index in [1.165, 1.54) is 65.4 Å². The van der Waals surface area contributed by atoms with Gasteiger partial charge in [-0.1, -0.05) is 182 Å². The minimum Gasteiger partial charge on any atom is -0.545 e. The number of nitrogens with zero attached hydrogens (tertiary/aromatic N) is 2. The zero-order valence-electron chi connectivity index (χ0n) is 38.8. The van der Waals surface area contributed by atoms with Gasteiger partial charge in [0.2, 0.25) is 0 Å². The molecule has 4 heterocycles. The first kappa shape index (κ1) is 49.7. The van der Waals surface area contributed by atoms with Crippen molar-refractivity contribution in [3.8, 4) is 0 Å². The highest BCUT2D eigenvalue weighted by Crippen LogP contribution is 2.26. The second kappa shape index (κ2) is 26.4. The molecule has 0 aromatic heterocycles. The third-order valence-corrected chi connectivity index (χ3v) is 11.8. The second-order valence-corrected chi connectivity index (χ2v) is 16.5. The topological polar surface area (TPSA) is 161 Å². The molecule has 0 bridgehead atoms. The molecule has 4 aliphatic rings. The summed E-state index contributed by atoms with van der Waals surface area (Å²) >= 11 is 0. The summed E-state index contributed by atoms with van der Waals surface area (Å²) in [6.45, 7) is 8.14. The summed E-state index contributed by atoms with van der Waals surface area (Å²) < 4.78 is 9.29. The summed E-state index contributed by atoms with van der Waals surface area (Å²) in [4.78, 5) is 30.0. The van der Waals surface area contributed by atoms with E-state index in [4.69, 9.17) is 0 Å². The lowest BCUT2D eigenvalue weighted by Crippen LogP contribution is -2.54. The van der Waals surface area contributed by atoms with Crippen molar-refractivity contribution in [3.05, 3.63) is 215 Å². The summed E-state index contributed by atoms with van der Waals surface area (Å²) in [5.41, 5.74) is 5.93. The number of rotatable bonds is 7. The molecular weight excluding hydrogens is 853 g/mol. The Morgan fingerprint density at radius 3 is 0.853 bits per heavy atom. The summed E-state index contributed by atoms with van der Waals surface area (Å²) in [6, 6.07) is 60.8. The molecule has 12 nitrogen and oxygen atoms in total. The normalized spacial score (nSPS) is 18.7. The predicted octanol–water partition coefficient (Wildman–Crippen LogP) is 6.32. The van der Waals surface area contributed by atoms with E-state index < -0.39 is 11.9 Å². The average Bonchev–Trinajstić information content (AvgIpc) is 3.40. The molecule has 4 aliphatic heterocycles. The maximum absolute atomic E-state index is 10.1. The van der Waals surface area contributed by atoms with Gasteiger partial charge in [0.1, 0.15) is 24.2 Å². The number of guanidine groups is 2. The third-order valence-electron chi connectivity index (χ3n) is 11.8. The van der Waals surface area contributed by atoms with Gasteiger partial charge in [-0.2, -0.15) is 0 Å². The molecule has 68 heavy (non-hydrogen) atoms. The van der Waals surface area contributed by atoms with E-state index in [0.29, 0.717) is 30.8 Å². The zero-order valence-corrected chi connectivity index (χ0v) is 38.8. The minimum absolute atomic E-state index is 0.211. The molecule has 12 heteroatoms. The molecule has 0 unspecified atom stereocenters.